The maximum atomic E-state index is 9.55. The van der Waals surface area contributed by atoms with Gasteiger partial charge < -0.3 is 10.0 Å². The molecule has 2 rings (SSSR count). The average molecular weight is 261 g/mol. The summed E-state index contributed by atoms with van der Waals surface area (Å²) in [7, 11) is 0. The normalized spacial score (nSPS) is 20.4. The Labute approximate surface area is 117 Å². The number of rotatable bonds is 4. The first-order valence-corrected chi connectivity index (χ1v) is 7.70. The topological polar surface area (TPSA) is 23.5 Å². The van der Waals surface area contributed by atoms with Gasteiger partial charge in [0.1, 0.15) is 0 Å². The number of aryl methyl sites for hydroxylation is 1. The highest BCUT2D eigenvalue weighted by Gasteiger charge is 2.18. The molecule has 1 atom stereocenters. The van der Waals surface area contributed by atoms with E-state index < -0.39 is 0 Å². The Morgan fingerprint density at radius 1 is 1.26 bits per heavy atom. The van der Waals surface area contributed by atoms with E-state index in [1.165, 1.54) is 43.4 Å². The molecule has 1 aromatic rings. The zero-order valence-electron chi connectivity index (χ0n) is 12.4. The number of benzene rings is 1. The van der Waals surface area contributed by atoms with Crippen LogP contribution in [0.3, 0.4) is 0 Å². The molecule has 19 heavy (non-hydrogen) atoms. The van der Waals surface area contributed by atoms with E-state index in [-0.39, 0.29) is 6.61 Å². The molecule has 0 radical (unpaired) electrons. The molecule has 2 nitrogen and oxygen atoms in total. The summed E-state index contributed by atoms with van der Waals surface area (Å²) in [6.45, 7) is 6.79. The SMILES string of the molecule is CCCC1CCCN(c2ccc(C)cc2CO)CC1. The number of anilines is 1. The van der Waals surface area contributed by atoms with Crippen molar-refractivity contribution >= 4 is 5.69 Å². The van der Waals surface area contributed by atoms with E-state index in [0.717, 1.165) is 24.6 Å². The Hall–Kier alpha value is -1.02. The van der Waals surface area contributed by atoms with Crippen molar-refractivity contribution in [3.05, 3.63) is 29.3 Å². The van der Waals surface area contributed by atoms with Gasteiger partial charge in [-0.3, -0.25) is 0 Å². The molecule has 1 saturated heterocycles. The minimum Gasteiger partial charge on any atom is -0.392 e. The highest BCUT2D eigenvalue weighted by Crippen LogP contribution is 2.28. The van der Waals surface area contributed by atoms with Crippen molar-refractivity contribution in [2.45, 2.75) is 52.6 Å². The zero-order valence-corrected chi connectivity index (χ0v) is 12.4. The van der Waals surface area contributed by atoms with Crippen LogP contribution >= 0.6 is 0 Å². The minimum absolute atomic E-state index is 0.145. The van der Waals surface area contributed by atoms with Gasteiger partial charge in [-0.1, -0.05) is 37.5 Å². The molecule has 0 bridgehead atoms. The smallest absolute Gasteiger partial charge is 0.0702 e. The Bertz CT molecular complexity index is 402. The van der Waals surface area contributed by atoms with E-state index in [2.05, 4.69) is 36.9 Å². The quantitative estimate of drug-likeness (QED) is 0.888. The van der Waals surface area contributed by atoms with Gasteiger partial charge in [0.2, 0.25) is 0 Å². The van der Waals surface area contributed by atoms with Crippen molar-refractivity contribution in [2.75, 3.05) is 18.0 Å². The van der Waals surface area contributed by atoms with Crippen molar-refractivity contribution < 1.29 is 5.11 Å². The fraction of sp³-hybridized carbons (Fsp3) is 0.647. The van der Waals surface area contributed by atoms with Crippen molar-refractivity contribution in [1.29, 1.82) is 0 Å². The van der Waals surface area contributed by atoms with Gasteiger partial charge in [0.05, 0.1) is 6.61 Å². The molecule has 0 amide bonds. The second-order valence-electron chi connectivity index (χ2n) is 5.86. The molecule has 1 aliphatic heterocycles. The summed E-state index contributed by atoms with van der Waals surface area (Å²) in [4.78, 5) is 2.47. The van der Waals surface area contributed by atoms with Gasteiger partial charge in [0.15, 0.2) is 0 Å². The summed E-state index contributed by atoms with van der Waals surface area (Å²) in [6.07, 6.45) is 6.62. The Kier molecular flexibility index (Phi) is 5.26. The fourth-order valence-corrected chi connectivity index (χ4v) is 3.25. The second kappa shape index (κ2) is 6.95. The van der Waals surface area contributed by atoms with Crippen molar-refractivity contribution in [2.24, 2.45) is 5.92 Å². The third kappa shape index (κ3) is 3.73. The van der Waals surface area contributed by atoms with Crippen molar-refractivity contribution in [3.63, 3.8) is 0 Å². The maximum Gasteiger partial charge on any atom is 0.0702 e. The summed E-state index contributed by atoms with van der Waals surface area (Å²) < 4.78 is 0. The predicted molar refractivity (Wildman–Crippen MR) is 81.6 cm³/mol. The Morgan fingerprint density at radius 3 is 2.84 bits per heavy atom. The molecule has 1 aliphatic rings. The molecule has 0 saturated carbocycles. The highest BCUT2D eigenvalue weighted by atomic mass is 16.3. The molecule has 106 valence electrons. The van der Waals surface area contributed by atoms with Crippen LogP contribution in [0.1, 0.15) is 50.2 Å². The van der Waals surface area contributed by atoms with Gasteiger partial charge in [-0.15, -0.1) is 0 Å². The number of aliphatic hydroxyl groups excluding tert-OH is 1. The molecule has 1 N–H and O–H groups in total. The number of hydrogen-bond acceptors (Lipinski definition) is 2. The van der Waals surface area contributed by atoms with Gasteiger partial charge >= 0.3 is 0 Å². The molecular weight excluding hydrogens is 234 g/mol. The lowest BCUT2D eigenvalue weighted by molar-refractivity contribution is 0.282. The standard InChI is InChI=1S/C17H27NO/c1-3-5-15-6-4-10-18(11-9-15)17-8-7-14(2)12-16(17)13-19/h7-8,12,15,19H,3-6,9-11,13H2,1-2H3. The Balaban J connectivity index is 2.09. The summed E-state index contributed by atoms with van der Waals surface area (Å²) in [5.74, 6) is 0.901. The molecule has 1 unspecified atom stereocenters. The number of aliphatic hydroxyl groups is 1. The van der Waals surface area contributed by atoms with Gasteiger partial charge in [-0.2, -0.15) is 0 Å². The van der Waals surface area contributed by atoms with Crippen LogP contribution in [0.5, 0.6) is 0 Å². The fourth-order valence-electron chi connectivity index (χ4n) is 3.25. The molecule has 0 aromatic heterocycles. The van der Waals surface area contributed by atoms with Crippen molar-refractivity contribution in [1.82, 2.24) is 0 Å². The van der Waals surface area contributed by atoms with Gasteiger partial charge in [0, 0.05) is 24.3 Å². The zero-order chi connectivity index (χ0) is 13.7. The van der Waals surface area contributed by atoms with E-state index in [1.54, 1.807) is 0 Å². The van der Waals surface area contributed by atoms with Crippen LogP contribution in [-0.2, 0) is 6.61 Å². The van der Waals surface area contributed by atoms with E-state index in [9.17, 15) is 5.11 Å². The molecule has 0 aliphatic carbocycles. The third-order valence-electron chi connectivity index (χ3n) is 4.29. The summed E-state index contributed by atoms with van der Waals surface area (Å²) >= 11 is 0. The molecule has 1 heterocycles. The van der Waals surface area contributed by atoms with E-state index >= 15 is 0 Å². The summed E-state index contributed by atoms with van der Waals surface area (Å²) in [6, 6.07) is 6.45. The van der Waals surface area contributed by atoms with Crippen LogP contribution in [-0.4, -0.2) is 18.2 Å². The van der Waals surface area contributed by atoms with Crippen LogP contribution in [0.25, 0.3) is 0 Å². The summed E-state index contributed by atoms with van der Waals surface area (Å²) in [5, 5.41) is 9.55. The van der Waals surface area contributed by atoms with Gasteiger partial charge in [-0.05, 0) is 38.2 Å². The molecule has 1 fully saturated rings. The van der Waals surface area contributed by atoms with Gasteiger partial charge in [0.25, 0.3) is 0 Å². The molecule has 1 aromatic carbocycles. The molecular formula is C17H27NO. The van der Waals surface area contributed by atoms with E-state index in [4.69, 9.17) is 0 Å². The number of nitrogens with zero attached hydrogens (tertiary/aromatic N) is 1. The van der Waals surface area contributed by atoms with Crippen LogP contribution in [0, 0.1) is 12.8 Å². The largest absolute Gasteiger partial charge is 0.392 e. The van der Waals surface area contributed by atoms with Gasteiger partial charge in [-0.25, -0.2) is 0 Å². The highest BCUT2D eigenvalue weighted by molar-refractivity contribution is 5.54. The number of hydrogen-bond donors (Lipinski definition) is 1. The lowest BCUT2D eigenvalue weighted by atomic mass is 9.96. The average Bonchev–Trinajstić information content (AvgIpc) is 2.65. The molecule has 0 spiro atoms. The van der Waals surface area contributed by atoms with Crippen LogP contribution in [0.2, 0.25) is 0 Å². The van der Waals surface area contributed by atoms with Crippen LogP contribution in [0.4, 0.5) is 5.69 Å². The molecule has 2 heteroatoms. The van der Waals surface area contributed by atoms with Crippen molar-refractivity contribution in [3.8, 4) is 0 Å². The third-order valence-corrected chi connectivity index (χ3v) is 4.29. The van der Waals surface area contributed by atoms with Crippen LogP contribution in [0.15, 0.2) is 18.2 Å². The second-order valence-corrected chi connectivity index (χ2v) is 5.86. The van der Waals surface area contributed by atoms with E-state index in [0.29, 0.717) is 0 Å². The Morgan fingerprint density at radius 2 is 2.11 bits per heavy atom. The minimum atomic E-state index is 0.145. The first kappa shape index (κ1) is 14.4. The summed E-state index contributed by atoms with van der Waals surface area (Å²) in [5.41, 5.74) is 3.55. The first-order chi connectivity index (χ1) is 9.24. The van der Waals surface area contributed by atoms with E-state index in [1.807, 2.05) is 0 Å². The predicted octanol–water partition coefficient (Wildman–Crippen LogP) is 3.89. The lowest BCUT2D eigenvalue weighted by Crippen LogP contribution is -2.25. The lowest BCUT2D eigenvalue weighted by Gasteiger charge is -2.25. The monoisotopic (exact) mass is 261 g/mol. The maximum absolute atomic E-state index is 9.55. The first-order valence-electron chi connectivity index (χ1n) is 7.70. The van der Waals surface area contributed by atoms with Crippen LogP contribution < -0.4 is 4.90 Å².